The van der Waals surface area contributed by atoms with Gasteiger partial charge in [0.1, 0.15) is 0 Å². The van der Waals surface area contributed by atoms with Crippen LogP contribution in [0.25, 0.3) is 0 Å². The van der Waals surface area contributed by atoms with Crippen molar-refractivity contribution in [1.82, 2.24) is 9.55 Å². The van der Waals surface area contributed by atoms with Crippen LogP contribution in [0.2, 0.25) is 5.02 Å². The monoisotopic (exact) mass is 304 g/mol. The van der Waals surface area contributed by atoms with E-state index >= 15 is 0 Å². The third-order valence-electron chi connectivity index (χ3n) is 2.63. The molecule has 0 aliphatic carbocycles. The number of hydrogen-bond acceptors (Lipinski definition) is 2. The second-order valence-electron chi connectivity index (χ2n) is 4.03. The number of carboxylic acids is 1. The predicted molar refractivity (Wildman–Crippen MR) is 64.7 cm³/mol. The van der Waals surface area contributed by atoms with Crippen LogP contribution < -0.4 is 0 Å². The largest absolute Gasteiger partial charge is 0.478 e. The zero-order valence-electron chi connectivity index (χ0n) is 9.86. The fraction of sp³-hybridized carbons (Fsp3) is 0.167. The van der Waals surface area contributed by atoms with E-state index in [0.717, 1.165) is 17.0 Å². The maximum atomic E-state index is 12.7. The molecule has 0 unspecified atom stereocenters. The fourth-order valence-corrected chi connectivity index (χ4v) is 1.90. The summed E-state index contributed by atoms with van der Waals surface area (Å²) in [6, 6.07) is 1.55. The second kappa shape index (κ2) is 5.16. The van der Waals surface area contributed by atoms with Crippen molar-refractivity contribution in [3.8, 4) is 0 Å². The average molecular weight is 305 g/mol. The first-order chi connectivity index (χ1) is 9.29. The van der Waals surface area contributed by atoms with Crippen molar-refractivity contribution >= 4 is 17.6 Å². The molecule has 0 spiro atoms. The Morgan fingerprint density at radius 3 is 2.60 bits per heavy atom. The molecular weight excluding hydrogens is 297 g/mol. The van der Waals surface area contributed by atoms with Crippen LogP contribution in [-0.2, 0) is 12.7 Å². The highest BCUT2D eigenvalue weighted by atomic mass is 35.5. The van der Waals surface area contributed by atoms with E-state index in [1.165, 1.54) is 12.4 Å². The van der Waals surface area contributed by atoms with E-state index in [1.807, 2.05) is 0 Å². The maximum absolute atomic E-state index is 12.7. The van der Waals surface area contributed by atoms with Crippen molar-refractivity contribution in [1.29, 1.82) is 0 Å². The molecule has 0 amide bonds. The van der Waals surface area contributed by atoms with Crippen LogP contribution in [0.15, 0.2) is 30.9 Å². The first-order valence-electron chi connectivity index (χ1n) is 5.37. The summed E-state index contributed by atoms with van der Waals surface area (Å²) in [6.07, 6.45) is -0.222. The van der Waals surface area contributed by atoms with Gasteiger partial charge in [-0.15, -0.1) is 0 Å². The van der Waals surface area contributed by atoms with Gasteiger partial charge in [0.05, 0.1) is 16.1 Å². The van der Waals surface area contributed by atoms with Crippen LogP contribution in [-0.4, -0.2) is 20.6 Å². The lowest BCUT2D eigenvalue weighted by atomic mass is 10.2. The van der Waals surface area contributed by atoms with E-state index in [4.69, 9.17) is 16.7 Å². The van der Waals surface area contributed by atoms with Gasteiger partial charge < -0.3 is 9.67 Å². The zero-order chi connectivity index (χ0) is 14.9. The third-order valence-corrected chi connectivity index (χ3v) is 2.97. The molecule has 0 fully saturated rings. The highest BCUT2D eigenvalue weighted by Gasteiger charge is 2.37. The lowest BCUT2D eigenvalue weighted by molar-refractivity contribution is -0.138. The van der Waals surface area contributed by atoms with E-state index in [1.54, 1.807) is 6.07 Å². The van der Waals surface area contributed by atoms with Crippen LogP contribution in [0.5, 0.6) is 0 Å². The Morgan fingerprint density at radius 2 is 2.10 bits per heavy atom. The van der Waals surface area contributed by atoms with Gasteiger partial charge in [-0.05, 0) is 11.6 Å². The van der Waals surface area contributed by atoms with Crippen LogP contribution >= 0.6 is 11.6 Å². The molecule has 2 aromatic rings. The summed E-state index contributed by atoms with van der Waals surface area (Å²) in [5, 5.41) is 9.11. The summed E-state index contributed by atoms with van der Waals surface area (Å²) >= 11 is 5.86. The number of carbonyl (C=O) groups is 1. The molecule has 0 aromatic carbocycles. The summed E-state index contributed by atoms with van der Waals surface area (Å²) in [4.78, 5) is 14.6. The molecule has 2 aromatic heterocycles. The predicted octanol–water partition coefficient (Wildman–Crippen LogP) is 3.30. The molecule has 1 N–H and O–H groups in total. The second-order valence-corrected chi connectivity index (χ2v) is 4.44. The van der Waals surface area contributed by atoms with Gasteiger partial charge in [-0.3, -0.25) is 4.98 Å². The fourth-order valence-electron chi connectivity index (χ4n) is 1.72. The van der Waals surface area contributed by atoms with Gasteiger partial charge in [0, 0.05) is 31.3 Å². The van der Waals surface area contributed by atoms with Gasteiger partial charge in [0.25, 0.3) is 0 Å². The number of rotatable bonds is 3. The summed E-state index contributed by atoms with van der Waals surface area (Å²) in [5.41, 5.74) is -1.43. The molecule has 4 nitrogen and oxygen atoms in total. The van der Waals surface area contributed by atoms with Crippen molar-refractivity contribution in [3.05, 3.63) is 52.6 Å². The van der Waals surface area contributed by atoms with E-state index in [2.05, 4.69) is 4.98 Å². The number of halogens is 4. The number of carboxylic acid groups (broad SMARTS) is 1. The SMILES string of the molecule is O=C(O)c1cn(Cc2ccncc2Cl)cc1C(F)(F)F. The highest BCUT2D eigenvalue weighted by Crippen LogP contribution is 2.33. The number of alkyl halides is 3. The molecule has 20 heavy (non-hydrogen) atoms. The van der Waals surface area contributed by atoms with Crippen LogP contribution in [0.4, 0.5) is 13.2 Å². The Kier molecular flexibility index (Phi) is 3.71. The quantitative estimate of drug-likeness (QED) is 0.946. The Balaban J connectivity index is 2.40. The van der Waals surface area contributed by atoms with Crippen LogP contribution in [0.1, 0.15) is 21.5 Å². The third kappa shape index (κ3) is 2.93. The minimum absolute atomic E-state index is 0.0255. The zero-order valence-corrected chi connectivity index (χ0v) is 10.6. The summed E-state index contributed by atoms with van der Waals surface area (Å²) in [7, 11) is 0. The lowest BCUT2D eigenvalue weighted by Crippen LogP contribution is -2.09. The van der Waals surface area contributed by atoms with Gasteiger partial charge in [-0.25, -0.2) is 4.79 Å². The number of hydrogen-bond donors (Lipinski definition) is 1. The summed E-state index contributed by atoms with van der Waals surface area (Å²) in [6.45, 7) is 0.0255. The minimum Gasteiger partial charge on any atom is -0.478 e. The first kappa shape index (κ1) is 14.4. The molecule has 106 valence electrons. The standard InChI is InChI=1S/C12H8ClF3N2O2/c13-10-3-17-2-1-7(10)4-18-5-8(11(19)20)9(6-18)12(14,15)16/h1-3,5-6H,4H2,(H,19,20). The van der Waals surface area contributed by atoms with Gasteiger partial charge in [0.2, 0.25) is 0 Å². The van der Waals surface area contributed by atoms with Crippen molar-refractivity contribution in [2.24, 2.45) is 0 Å². The van der Waals surface area contributed by atoms with Crippen molar-refractivity contribution < 1.29 is 23.1 Å². The Bertz CT molecular complexity index is 652. The Labute approximate surface area is 116 Å². The van der Waals surface area contributed by atoms with Gasteiger partial charge >= 0.3 is 12.1 Å². The first-order valence-corrected chi connectivity index (χ1v) is 5.75. The lowest BCUT2D eigenvalue weighted by Gasteiger charge is -2.05. The molecule has 0 saturated heterocycles. The van der Waals surface area contributed by atoms with Crippen molar-refractivity contribution in [2.45, 2.75) is 12.7 Å². The van der Waals surface area contributed by atoms with Crippen LogP contribution in [0, 0.1) is 0 Å². The Hall–Kier alpha value is -2.02. The number of nitrogens with zero attached hydrogens (tertiary/aromatic N) is 2. The molecule has 2 heterocycles. The molecule has 2 rings (SSSR count). The number of aromatic carboxylic acids is 1. The van der Waals surface area contributed by atoms with Gasteiger partial charge in [-0.1, -0.05) is 11.6 Å². The van der Waals surface area contributed by atoms with E-state index < -0.39 is 23.3 Å². The van der Waals surface area contributed by atoms with Crippen molar-refractivity contribution in [2.75, 3.05) is 0 Å². The molecule has 0 bridgehead atoms. The Morgan fingerprint density at radius 1 is 1.40 bits per heavy atom. The van der Waals surface area contributed by atoms with E-state index in [9.17, 15) is 18.0 Å². The van der Waals surface area contributed by atoms with Gasteiger partial charge in [0.15, 0.2) is 0 Å². The molecule has 0 atom stereocenters. The molecule has 8 heteroatoms. The van der Waals surface area contributed by atoms with Crippen molar-refractivity contribution in [3.63, 3.8) is 0 Å². The average Bonchev–Trinajstić information content (AvgIpc) is 2.76. The van der Waals surface area contributed by atoms with Crippen LogP contribution in [0.3, 0.4) is 0 Å². The van der Waals surface area contributed by atoms with E-state index in [0.29, 0.717) is 10.6 Å². The van der Waals surface area contributed by atoms with E-state index in [-0.39, 0.29) is 6.54 Å². The molecule has 0 radical (unpaired) electrons. The van der Waals surface area contributed by atoms with Gasteiger partial charge in [-0.2, -0.15) is 13.2 Å². The molecule has 0 saturated carbocycles. The topological polar surface area (TPSA) is 55.1 Å². The molecule has 0 aliphatic rings. The normalized spacial score (nSPS) is 11.6. The summed E-state index contributed by atoms with van der Waals surface area (Å²) in [5.74, 6) is -1.63. The number of pyridine rings is 1. The number of aromatic nitrogens is 2. The minimum atomic E-state index is -4.72. The molecular formula is C12H8ClF3N2O2. The maximum Gasteiger partial charge on any atom is 0.418 e. The molecule has 0 aliphatic heterocycles. The summed E-state index contributed by atoms with van der Waals surface area (Å²) < 4.78 is 39.3. The smallest absolute Gasteiger partial charge is 0.418 e. The highest BCUT2D eigenvalue weighted by molar-refractivity contribution is 6.31.